The molecule has 0 atom stereocenters. The van der Waals surface area contributed by atoms with Crippen molar-refractivity contribution in [2.45, 2.75) is 26.1 Å². The van der Waals surface area contributed by atoms with Crippen LogP contribution >= 0.6 is 11.8 Å². The molecule has 1 heterocycles. The molecule has 2 amide bonds. The van der Waals surface area contributed by atoms with Crippen LogP contribution in [0.4, 0.5) is 18.0 Å². The Bertz CT molecular complexity index is 743. The molecule has 1 aromatic rings. The van der Waals surface area contributed by atoms with Crippen molar-refractivity contribution in [2.24, 2.45) is 0 Å². The van der Waals surface area contributed by atoms with E-state index in [4.69, 9.17) is 4.74 Å². The zero-order chi connectivity index (χ0) is 18.8. The molecule has 0 unspecified atom stereocenters. The summed E-state index contributed by atoms with van der Waals surface area (Å²) < 4.78 is 43.9. The molecule has 5 nitrogen and oxygen atoms in total. The van der Waals surface area contributed by atoms with Gasteiger partial charge in [0.15, 0.2) is 0 Å². The van der Waals surface area contributed by atoms with Crippen molar-refractivity contribution in [2.75, 3.05) is 6.54 Å². The number of carbonyl (C=O) groups is 3. The summed E-state index contributed by atoms with van der Waals surface area (Å²) in [6.07, 6.45) is -4.01. The number of nitrogens with zero attached hydrogens (tertiary/aromatic N) is 1. The van der Waals surface area contributed by atoms with Crippen molar-refractivity contribution in [1.29, 1.82) is 0 Å². The van der Waals surface area contributed by atoms with Crippen LogP contribution < -0.4 is 0 Å². The highest BCUT2D eigenvalue weighted by molar-refractivity contribution is 8.18. The molecule has 1 saturated heterocycles. The number of hydrogen-bond donors (Lipinski definition) is 0. The van der Waals surface area contributed by atoms with Crippen molar-refractivity contribution in [3.8, 4) is 0 Å². The number of halogens is 3. The van der Waals surface area contributed by atoms with Crippen LogP contribution in [-0.4, -0.2) is 34.7 Å². The Morgan fingerprint density at radius 1 is 1.28 bits per heavy atom. The average molecular weight is 373 g/mol. The first-order valence-corrected chi connectivity index (χ1v) is 8.02. The molecule has 0 aromatic heterocycles. The fourth-order valence-corrected chi connectivity index (χ4v) is 2.92. The van der Waals surface area contributed by atoms with Gasteiger partial charge in [0.25, 0.3) is 11.1 Å². The van der Waals surface area contributed by atoms with E-state index in [1.807, 2.05) is 0 Å². The van der Waals surface area contributed by atoms with Crippen LogP contribution in [0.1, 0.15) is 25.0 Å². The Kier molecular flexibility index (Phi) is 5.56. The van der Waals surface area contributed by atoms with Gasteiger partial charge in [-0.15, -0.1) is 0 Å². The molecule has 1 aromatic carbocycles. The van der Waals surface area contributed by atoms with Crippen LogP contribution in [0.15, 0.2) is 29.2 Å². The molecular formula is C16H14F3NO4S. The predicted molar refractivity (Wildman–Crippen MR) is 85.3 cm³/mol. The third-order valence-electron chi connectivity index (χ3n) is 3.08. The van der Waals surface area contributed by atoms with E-state index in [-0.39, 0.29) is 10.5 Å². The SMILES string of the molecule is CC(C)OC(=O)CN1C(=O)S/C(=C\c2ccccc2C(F)(F)F)C1=O. The molecule has 0 N–H and O–H groups in total. The standard InChI is InChI=1S/C16H14F3NO4S/c1-9(2)24-13(21)8-20-14(22)12(25-15(20)23)7-10-5-3-4-6-11(10)16(17,18)19/h3-7,9H,8H2,1-2H3/b12-7-. The zero-order valence-electron chi connectivity index (χ0n) is 13.3. The third kappa shape index (κ3) is 4.62. The van der Waals surface area contributed by atoms with Crippen LogP contribution in [0.3, 0.4) is 0 Å². The first-order chi connectivity index (χ1) is 11.6. The highest BCUT2D eigenvalue weighted by Gasteiger charge is 2.38. The molecule has 0 bridgehead atoms. The molecule has 0 aliphatic carbocycles. The molecule has 134 valence electrons. The van der Waals surface area contributed by atoms with Crippen LogP contribution in [-0.2, 0) is 20.5 Å². The van der Waals surface area contributed by atoms with E-state index in [2.05, 4.69) is 0 Å². The third-order valence-corrected chi connectivity index (χ3v) is 3.99. The number of amides is 2. The smallest absolute Gasteiger partial charge is 0.416 e. The molecule has 9 heteroatoms. The Labute approximate surface area is 145 Å². The number of imide groups is 1. The number of esters is 1. The number of alkyl halides is 3. The number of benzene rings is 1. The van der Waals surface area contributed by atoms with Crippen LogP contribution in [0.2, 0.25) is 0 Å². The Morgan fingerprint density at radius 3 is 2.52 bits per heavy atom. The Hall–Kier alpha value is -2.29. The lowest BCUT2D eigenvalue weighted by Crippen LogP contribution is -2.35. The predicted octanol–water partition coefficient (Wildman–Crippen LogP) is 3.69. The van der Waals surface area contributed by atoms with E-state index < -0.39 is 41.5 Å². The quantitative estimate of drug-likeness (QED) is 0.595. The number of rotatable bonds is 4. The van der Waals surface area contributed by atoms with Crippen molar-refractivity contribution in [3.63, 3.8) is 0 Å². The summed E-state index contributed by atoms with van der Waals surface area (Å²) in [5, 5.41) is -0.735. The highest BCUT2D eigenvalue weighted by atomic mass is 32.2. The van der Waals surface area contributed by atoms with Gasteiger partial charge in [0.05, 0.1) is 16.6 Å². The van der Waals surface area contributed by atoms with Crippen molar-refractivity contribution >= 4 is 35.0 Å². The summed E-state index contributed by atoms with van der Waals surface area (Å²) in [6.45, 7) is 2.64. The molecule has 0 saturated carbocycles. The van der Waals surface area contributed by atoms with Crippen LogP contribution in [0.5, 0.6) is 0 Å². The van der Waals surface area contributed by atoms with Crippen molar-refractivity contribution in [3.05, 3.63) is 40.3 Å². The maximum Gasteiger partial charge on any atom is 0.416 e. The van der Waals surface area contributed by atoms with E-state index in [0.29, 0.717) is 16.7 Å². The van der Waals surface area contributed by atoms with Gasteiger partial charge in [-0.25, -0.2) is 0 Å². The van der Waals surface area contributed by atoms with Gasteiger partial charge in [-0.05, 0) is 43.3 Å². The molecule has 0 spiro atoms. The van der Waals surface area contributed by atoms with E-state index in [1.165, 1.54) is 18.2 Å². The molecule has 2 rings (SSSR count). The van der Waals surface area contributed by atoms with Gasteiger partial charge in [-0.3, -0.25) is 19.3 Å². The summed E-state index contributed by atoms with van der Waals surface area (Å²) in [7, 11) is 0. The zero-order valence-corrected chi connectivity index (χ0v) is 14.1. The first-order valence-electron chi connectivity index (χ1n) is 7.20. The molecule has 1 aliphatic rings. The molecule has 0 radical (unpaired) electrons. The lowest BCUT2D eigenvalue weighted by Gasteiger charge is -2.13. The summed E-state index contributed by atoms with van der Waals surface area (Å²) >= 11 is 0.480. The monoisotopic (exact) mass is 373 g/mol. The minimum absolute atomic E-state index is 0.181. The average Bonchev–Trinajstić information content (AvgIpc) is 2.73. The number of carbonyl (C=O) groups excluding carboxylic acids is 3. The van der Waals surface area contributed by atoms with Gasteiger partial charge >= 0.3 is 12.1 Å². The van der Waals surface area contributed by atoms with Gasteiger partial charge < -0.3 is 4.74 Å². The Morgan fingerprint density at radius 2 is 1.92 bits per heavy atom. The lowest BCUT2D eigenvalue weighted by atomic mass is 10.1. The topological polar surface area (TPSA) is 63.7 Å². The number of ether oxygens (including phenoxy) is 1. The second-order valence-corrected chi connectivity index (χ2v) is 6.38. The second-order valence-electron chi connectivity index (χ2n) is 5.39. The molecule has 1 fully saturated rings. The number of thioether (sulfide) groups is 1. The lowest BCUT2D eigenvalue weighted by molar-refractivity contribution is -0.149. The van der Waals surface area contributed by atoms with Gasteiger partial charge in [0.2, 0.25) is 0 Å². The first kappa shape index (κ1) is 19.0. The molecule has 25 heavy (non-hydrogen) atoms. The van der Waals surface area contributed by atoms with Gasteiger partial charge in [-0.2, -0.15) is 13.2 Å². The summed E-state index contributed by atoms with van der Waals surface area (Å²) in [5.74, 6) is -1.60. The normalized spacial score (nSPS) is 16.9. The Balaban J connectivity index is 2.25. The highest BCUT2D eigenvalue weighted by Crippen LogP contribution is 2.36. The summed E-state index contributed by atoms with van der Waals surface area (Å²) in [5.41, 5.74) is -1.15. The largest absolute Gasteiger partial charge is 0.462 e. The van der Waals surface area contributed by atoms with E-state index in [0.717, 1.165) is 12.1 Å². The second kappa shape index (κ2) is 7.30. The summed E-state index contributed by atoms with van der Waals surface area (Å²) in [4.78, 5) is 36.2. The van der Waals surface area contributed by atoms with Crippen molar-refractivity contribution in [1.82, 2.24) is 4.90 Å². The molecule has 1 aliphatic heterocycles. The maximum atomic E-state index is 13.0. The molecular weight excluding hydrogens is 359 g/mol. The summed E-state index contributed by atoms with van der Waals surface area (Å²) in [6, 6.07) is 4.71. The van der Waals surface area contributed by atoms with E-state index >= 15 is 0 Å². The minimum Gasteiger partial charge on any atom is -0.462 e. The van der Waals surface area contributed by atoms with Crippen LogP contribution in [0.25, 0.3) is 6.08 Å². The van der Waals surface area contributed by atoms with Gasteiger partial charge in [0.1, 0.15) is 6.54 Å². The van der Waals surface area contributed by atoms with Gasteiger partial charge in [-0.1, -0.05) is 18.2 Å². The van der Waals surface area contributed by atoms with Gasteiger partial charge in [0, 0.05) is 0 Å². The number of hydrogen-bond acceptors (Lipinski definition) is 5. The van der Waals surface area contributed by atoms with E-state index in [9.17, 15) is 27.6 Å². The van der Waals surface area contributed by atoms with Crippen molar-refractivity contribution < 1.29 is 32.3 Å². The van der Waals surface area contributed by atoms with E-state index in [1.54, 1.807) is 13.8 Å². The fraction of sp³-hybridized carbons (Fsp3) is 0.312. The maximum absolute atomic E-state index is 13.0. The fourth-order valence-electron chi connectivity index (χ4n) is 2.09. The minimum atomic E-state index is -4.59. The van der Waals surface area contributed by atoms with Crippen LogP contribution in [0, 0.1) is 0 Å².